The van der Waals surface area contributed by atoms with Gasteiger partial charge in [-0.25, -0.2) is 0 Å². The largest absolute Gasteiger partial charge is 0.377 e. The number of hydrogen-bond donors (Lipinski definition) is 0. The van der Waals surface area contributed by atoms with Gasteiger partial charge in [-0.2, -0.15) is 0 Å². The fourth-order valence-corrected chi connectivity index (χ4v) is 1.79. The zero-order valence-corrected chi connectivity index (χ0v) is 12.6. The molecule has 0 bridgehead atoms. The maximum atomic E-state index is 12.4. The van der Waals surface area contributed by atoms with Crippen LogP contribution in [0.3, 0.4) is 0 Å². The minimum atomic E-state index is -0.507. The number of carbonyl (C=O) groups excluding carboxylic acids is 2. The Hall–Kier alpha value is -2.10. The van der Waals surface area contributed by atoms with Crippen LogP contribution < -0.4 is 0 Å². The molecule has 0 saturated heterocycles. The molecule has 0 radical (unpaired) electrons. The van der Waals surface area contributed by atoms with Crippen molar-refractivity contribution in [2.75, 3.05) is 27.2 Å². The summed E-state index contributed by atoms with van der Waals surface area (Å²) in [5, 5.41) is 0. The second-order valence-electron chi connectivity index (χ2n) is 4.66. The number of ketones is 1. The predicted molar refractivity (Wildman–Crippen MR) is 81.0 cm³/mol. The van der Waals surface area contributed by atoms with E-state index in [0.717, 1.165) is 18.7 Å². The maximum absolute atomic E-state index is 12.4. The van der Waals surface area contributed by atoms with E-state index in [1.165, 1.54) is 4.90 Å². The predicted octanol–water partition coefficient (Wildman–Crippen LogP) is 2.03. The highest BCUT2D eigenvalue weighted by Gasteiger charge is 2.22. The van der Waals surface area contributed by atoms with Crippen LogP contribution in [0.1, 0.15) is 19.4 Å². The van der Waals surface area contributed by atoms with Crippen molar-refractivity contribution in [3.05, 3.63) is 42.1 Å². The molecule has 0 aliphatic carbocycles. The average molecular weight is 274 g/mol. The summed E-state index contributed by atoms with van der Waals surface area (Å²) >= 11 is 0. The van der Waals surface area contributed by atoms with Gasteiger partial charge in [-0.3, -0.25) is 9.59 Å². The number of Topliss-reactive ketones (excluding diaryl/α,β-unsaturated/α-hetero) is 1. The molecule has 0 aliphatic rings. The van der Waals surface area contributed by atoms with Gasteiger partial charge in [-0.1, -0.05) is 30.3 Å². The van der Waals surface area contributed by atoms with Gasteiger partial charge < -0.3 is 9.80 Å². The van der Waals surface area contributed by atoms with Gasteiger partial charge in [-0.05, 0) is 19.4 Å². The Labute approximate surface area is 120 Å². The molecule has 0 fully saturated rings. The number of benzene rings is 1. The van der Waals surface area contributed by atoms with E-state index < -0.39 is 11.7 Å². The van der Waals surface area contributed by atoms with E-state index in [9.17, 15) is 9.59 Å². The molecule has 0 unspecified atom stereocenters. The fraction of sp³-hybridized carbons (Fsp3) is 0.375. The third-order valence-electron chi connectivity index (χ3n) is 3.05. The minimum Gasteiger partial charge on any atom is -0.377 e. The van der Waals surface area contributed by atoms with Crippen molar-refractivity contribution in [2.24, 2.45) is 0 Å². The van der Waals surface area contributed by atoms with E-state index in [1.807, 2.05) is 49.1 Å². The standard InChI is InChI=1S/C16H22N2O2/c1-5-18(6-2)12-14(13-10-8-7-9-11-13)15(19)16(20)17(3)4/h7-12H,5-6H2,1-4H3/b14-12+. The fourth-order valence-electron chi connectivity index (χ4n) is 1.79. The van der Waals surface area contributed by atoms with E-state index in [1.54, 1.807) is 20.3 Å². The van der Waals surface area contributed by atoms with Crippen LogP contribution >= 0.6 is 0 Å². The van der Waals surface area contributed by atoms with Crippen molar-refractivity contribution in [3.8, 4) is 0 Å². The summed E-state index contributed by atoms with van der Waals surface area (Å²) in [5.41, 5.74) is 1.20. The molecule has 0 aromatic heterocycles. The zero-order chi connectivity index (χ0) is 15.1. The maximum Gasteiger partial charge on any atom is 0.294 e. The van der Waals surface area contributed by atoms with Crippen molar-refractivity contribution < 1.29 is 9.59 Å². The van der Waals surface area contributed by atoms with Gasteiger partial charge in [0, 0.05) is 33.4 Å². The number of rotatable bonds is 6. The van der Waals surface area contributed by atoms with Crippen LogP contribution in [0.25, 0.3) is 5.57 Å². The van der Waals surface area contributed by atoms with Crippen LogP contribution in [0.5, 0.6) is 0 Å². The lowest BCUT2D eigenvalue weighted by atomic mass is 10.0. The Morgan fingerprint density at radius 2 is 1.60 bits per heavy atom. The van der Waals surface area contributed by atoms with E-state index in [0.29, 0.717) is 5.57 Å². The number of amides is 1. The van der Waals surface area contributed by atoms with Gasteiger partial charge in [0.1, 0.15) is 0 Å². The molecule has 0 saturated carbocycles. The molecule has 0 aliphatic heterocycles. The average Bonchev–Trinajstić information content (AvgIpc) is 2.48. The normalized spacial score (nSPS) is 11.1. The van der Waals surface area contributed by atoms with Crippen LogP contribution in [-0.4, -0.2) is 48.7 Å². The van der Waals surface area contributed by atoms with Gasteiger partial charge in [0.2, 0.25) is 0 Å². The van der Waals surface area contributed by atoms with Crippen LogP contribution in [0, 0.1) is 0 Å². The monoisotopic (exact) mass is 274 g/mol. The van der Waals surface area contributed by atoms with Crippen molar-refractivity contribution in [1.82, 2.24) is 9.80 Å². The molecule has 0 heterocycles. The first kappa shape index (κ1) is 16.0. The molecule has 1 aromatic carbocycles. The van der Waals surface area contributed by atoms with Crippen LogP contribution in [0.4, 0.5) is 0 Å². The lowest BCUT2D eigenvalue weighted by molar-refractivity contribution is -0.140. The van der Waals surface area contributed by atoms with Crippen molar-refractivity contribution >= 4 is 17.3 Å². The lowest BCUT2D eigenvalue weighted by Gasteiger charge is -2.18. The van der Waals surface area contributed by atoms with E-state index in [4.69, 9.17) is 0 Å². The van der Waals surface area contributed by atoms with Crippen molar-refractivity contribution in [2.45, 2.75) is 13.8 Å². The summed E-state index contributed by atoms with van der Waals surface area (Å²) in [5.74, 6) is -0.986. The SMILES string of the molecule is CCN(/C=C(/C(=O)C(=O)N(C)C)c1ccccc1)CC. The first-order valence-corrected chi connectivity index (χ1v) is 6.78. The summed E-state index contributed by atoms with van der Waals surface area (Å²) in [7, 11) is 3.17. The van der Waals surface area contributed by atoms with Gasteiger partial charge in [0.25, 0.3) is 11.7 Å². The second-order valence-corrected chi connectivity index (χ2v) is 4.66. The molecule has 0 N–H and O–H groups in total. The number of hydrogen-bond acceptors (Lipinski definition) is 3. The second kappa shape index (κ2) is 7.48. The Balaban J connectivity index is 3.22. The molecule has 20 heavy (non-hydrogen) atoms. The molecular formula is C16H22N2O2. The van der Waals surface area contributed by atoms with Crippen molar-refractivity contribution in [1.29, 1.82) is 0 Å². The molecule has 4 heteroatoms. The van der Waals surface area contributed by atoms with Crippen LogP contribution in [-0.2, 0) is 9.59 Å². The third kappa shape index (κ3) is 3.95. The Morgan fingerprint density at radius 3 is 2.05 bits per heavy atom. The van der Waals surface area contributed by atoms with Crippen molar-refractivity contribution in [3.63, 3.8) is 0 Å². The van der Waals surface area contributed by atoms with E-state index in [2.05, 4.69) is 0 Å². The van der Waals surface area contributed by atoms with E-state index >= 15 is 0 Å². The van der Waals surface area contributed by atoms with E-state index in [-0.39, 0.29) is 0 Å². The van der Waals surface area contributed by atoms with Crippen LogP contribution in [0.15, 0.2) is 36.5 Å². The highest BCUT2D eigenvalue weighted by molar-refractivity contribution is 6.53. The molecular weight excluding hydrogens is 252 g/mol. The Bertz CT molecular complexity index is 488. The number of carbonyl (C=O) groups is 2. The molecule has 108 valence electrons. The highest BCUT2D eigenvalue weighted by Crippen LogP contribution is 2.17. The van der Waals surface area contributed by atoms with Gasteiger partial charge in [0.05, 0.1) is 5.57 Å². The molecule has 4 nitrogen and oxygen atoms in total. The first-order valence-electron chi connectivity index (χ1n) is 6.78. The summed E-state index contributed by atoms with van der Waals surface area (Å²) in [6.07, 6.45) is 1.78. The van der Waals surface area contributed by atoms with Gasteiger partial charge in [-0.15, -0.1) is 0 Å². The molecule has 0 spiro atoms. The first-order chi connectivity index (χ1) is 9.51. The summed E-state index contributed by atoms with van der Waals surface area (Å²) in [6.45, 7) is 5.61. The molecule has 1 aromatic rings. The third-order valence-corrected chi connectivity index (χ3v) is 3.05. The molecule has 1 rings (SSSR count). The smallest absolute Gasteiger partial charge is 0.294 e. The molecule has 1 amide bonds. The summed E-state index contributed by atoms with van der Waals surface area (Å²) in [4.78, 5) is 27.6. The quantitative estimate of drug-likeness (QED) is 0.588. The summed E-state index contributed by atoms with van der Waals surface area (Å²) < 4.78 is 0. The minimum absolute atomic E-state index is 0.438. The summed E-state index contributed by atoms with van der Waals surface area (Å²) in [6, 6.07) is 9.29. The Kier molecular flexibility index (Phi) is 5.97. The lowest BCUT2D eigenvalue weighted by Crippen LogP contribution is -2.31. The topological polar surface area (TPSA) is 40.6 Å². The zero-order valence-electron chi connectivity index (χ0n) is 12.6. The number of likely N-dealkylation sites (N-methyl/N-ethyl adjacent to an activating group) is 1. The Morgan fingerprint density at radius 1 is 1.05 bits per heavy atom. The molecule has 0 atom stereocenters. The van der Waals surface area contributed by atoms with Crippen LogP contribution in [0.2, 0.25) is 0 Å². The van der Waals surface area contributed by atoms with Gasteiger partial charge >= 0.3 is 0 Å². The van der Waals surface area contributed by atoms with Gasteiger partial charge in [0.15, 0.2) is 0 Å². The highest BCUT2D eigenvalue weighted by atomic mass is 16.2. The number of nitrogens with zero attached hydrogens (tertiary/aromatic N) is 2.